The van der Waals surface area contributed by atoms with Gasteiger partial charge in [0.15, 0.2) is 0 Å². The molecule has 1 N–H and O–H groups in total. The highest BCUT2D eigenvalue weighted by atomic mass is 32.2. The first-order valence-electron chi connectivity index (χ1n) is 6.31. The first kappa shape index (κ1) is 14.3. The van der Waals surface area contributed by atoms with Gasteiger partial charge in [0.1, 0.15) is 0 Å². The number of nitrogens with one attached hydrogen (secondary N) is 1. The van der Waals surface area contributed by atoms with E-state index in [4.69, 9.17) is 4.74 Å². The van der Waals surface area contributed by atoms with Crippen LogP contribution in [0.5, 0.6) is 0 Å². The molecular formula is C12H21N3O3S. The van der Waals surface area contributed by atoms with Crippen molar-refractivity contribution in [3.05, 3.63) is 11.9 Å². The van der Waals surface area contributed by atoms with Crippen molar-refractivity contribution in [2.45, 2.75) is 38.2 Å². The van der Waals surface area contributed by atoms with Crippen molar-refractivity contribution in [2.75, 3.05) is 17.6 Å². The molecule has 1 saturated carbocycles. The van der Waals surface area contributed by atoms with E-state index in [-0.39, 0.29) is 5.75 Å². The van der Waals surface area contributed by atoms with Crippen molar-refractivity contribution in [3.63, 3.8) is 0 Å². The molecule has 0 amide bonds. The third kappa shape index (κ3) is 3.70. The van der Waals surface area contributed by atoms with E-state index in [0.717, 1.165) is 18.5 Å². The van der Waals surface area contributed by atoms with E-state index >= 15 is 0 Å². The van der Waals surface area contributed by atoms with Crippen LogP contribution in [0.4, 0.5) is 5.69 Å². The smallest absolute Gasteiger partial charge is 0.235 e. The van der Waals surface area contributed by atoms with E-state index in [1.165, 1.54) is 7.11 Å². The van der Waals surface area contributed by atoms with Crippen LogP contribution in [0.25, 0.3) is 0 Å². The Labute approximate surface area is 114 Å². The van der Waals surface area contributed by atoms with Crippen molar-refractivity contribution in [2.24, 2.45) is 7.05 Å². The SMILES string of the molecule is COC(C)(C)CS(=O)(=O)Nc1cn(C)nc1C1CC1. The monoisotopic (exact) mass is 287 g/mol. The predicted octanol–water partition coefficient (Wildman–Crippen LogP) is 1.46. The molecule has 0 aliphatic heterocycles. The number of aromatic nitrogens is 2. The standard InChI is InChI=1S/C12H21N3O3S/c1-12(2,18-4)8-19(16,17)14-10-7-15(3)13-11(10)9-5-6-9/h7,9,14H,5-6,8H2,1-4H3. The van der Waals surface area contributed by atoms with Crippen molar-refractivity contribution < 1.29 is 13.2 Å². The van der Waals surface area contributed by atoms with Gasteiger partial charge < -0.3 is 4.74 Å². The normalized spacial score (nSPS) is 16.6. The van der Waals surface area contributed by atoms with Crippen molar-refractivity contribution >= 4 is 15.7 Å². The second kappa shape index (κ2) is 4.79. The minimum atomic E-state index is -3.45. The molecule has 0 saturated heterocycles. The fourth-order valence-electron chi connectivity index (χ4n) is 1.96. The fourth-order valence-corrected chi connectivity index (χ4v) is 3.56. The molecule has 1 heterocycles. The molecule has 1 aromatic heterocycles. The van der Waals surface area contributed by atoms with Gasteiger partial charge in [0.05, 0.1) is 22.7 Å². The Morgan fingerprint density at radius 2 is 2.16 bits per heavy atom. The van der Waals surface area contributed by atoms with Gasteiger partial charge in [-0.1, -0.05) is 0 Å². The van der Waals surface area contributed by atoms with Gasteiger partial charge in [-0.15, -0.1) is 0 Å². The summed E-state index contributed by atoms with van der Waals surface area (Å²) in [6.45, 7) is 3.49. The second-order valence-corrected chi connectivity index (χ2v) is 7.42. The summed E-state index contributed by atoms with van der Waals surface area (Å²) >= 11 is 0. The van der Waals surface area contributed by atoms with Crippen LogP contribution in [0, 0.1) is 0 Å². The molecule has 0 unspecified atom stereocenters. The Hall–Kier alpha value is -1.08. The number of nitrogens with zero attached hydrogens (tertiary/aromatic N) is 2. The third-order valence-corrected chi connectivity index (χ3v) is 4.78. The molecule has 1 aliphatic carbocycles. The van der Waals surface area contributed by atoms with Crippen molar-refractivity contribution in [3.8, 4) is 0 Å². The Morgan fingerprint density at radius 3 is 2.68 bits per heavy atom. The highest BCUT2D eigenvalue weighted by molar-refractivity contribution is 7.92. The molecule has 7 heteroatoms. The molecule has 0 atom stereocenters. The van der Waals surface area contributed by atoms with Crippen LogP contribution in [0.15, 0.2) is 6.20 Å². The molecule has 1 aliphatic rings. The summed E-state index contributed by atoms with van der Waals surface area (Å²) in [5.41, 5.74) is 0.728. The lowest BCUT2D eigenvalue weighted by Crippen LogP contribution is -2.35. The summed E-state index contributed by atoms with van der Waals surface area (Å²) in [5.74, 6) is 0.310. The van der Waals surface area contributed by atoms with Gasteiger partial charge in [0.2, 0.25) is 10.0 Å². The highest BCUT2D eigenvalue weighted by Crippen LogP contribution is 2.42. The number of anilines is 1. The molecule has 2 rings (SSSR count). The summed E-state index contributed by atoms with van der Waals surface area (Å²) in [6, 6.07) is 0. The summed E-state index contributed by atoms with van der Waals surface area (Å²) in [5, 5.41) is 4.33. The zero-order valence-corrected chi connectivity index (χ0v) is 12.6. The Balaban J connectivity index is 2.16. The number of sulfonamides is 1. The molecule has 6 nitrogen and oxygen atoms in total. The van der Waals surface area contributed by atoms with Crippen LogP contribution >= 0.6 is 0 Å². The van der Waals surface area contributed by atoms with Crippen molar-refractivity contribution in [1.29, 1.82) is 0 Å². The van der Waals surface area contributed by atoms with E-state index in [0.29, 0.717) is 11.6 Å². The Bertz CT molecular complexity index is 559. The fraction of sp³-hybridized carbons (Fsp3) is 0.750. The Morgan fingerprint density at radius 1 is 1.53 bits per heavy atom. The summed E-state index contributed by atoms with van der Waals surface area (Å²) < 4.78 is 33.7. The van der Waals surface area contributed by atoms with Gasteiger partial charge in [-0.05, 0) is 26.7 Å². The quantitative estimate of drug-likeness (QED) is 0.859. The Kier molecular flexibility index (Phi) is 3.61. The molecule has 108 valence electrons. The lowest BCUT2D eigenvalue weighted by molar-refractivity contribution is 0.0426. The maximum absolute atomic E-state index is 12.2. The van der Waals surface area contributed by atoms with Gasteiger partial charge in [-0.2, -0.15) is 5.10 Å². The molecule has 1 fully saturated rings. The van der Waals surface area contributed by atoms with Gasteiger partial charge >= 0.3 is 0 Å². The number of hydrogen-bond acceptors (Lipinski definition) is 4. The number of ether oxygens (including phenoxy) is 1. The van der Waals surface area contributed by atoms with Crippen LogP contribution in [0.3, 0.4) is 0 Å². The van der Waals surface area contributed by atoms with Crippen LogP contribution in [-0.4, -0.2) is 36.7 Å². The molecule has 1 aromatic rings. The second-order valence-electron chi connectivity index (χ2n) is 5.70. The zero-order valence-electron chi connectivity index (χ0n) is 11.8. The average Bonchev–Trinajstić information content (AvgIpc) is 3.02. The van der Waals surface area contributed by atoms with Crippen LogP contribution < -0.4 is 4.72 Å². The van der Waals surface area contributed by atoms with Gasteiger partial charge in [-0.25, -0.2) is 8.42 Å². The highest BCUT2D eigenvalue weighted by Gasteiger charge is 2.32. The minimum Gasteiger partial charge on any atom is -0.378 e. The van der Waals surface area contributed by atoms with E-state index in [2.05, 4.69) is 9.82 Å². The summed E-state index contributed by atoms with van der Waals surface area (Å²) in [6.07, 6.45) is 3.87. The molecule has 0 spiro atoms. The largest absolute Gasteiger partial charge is 0.378 e. The van der Waals surface area contributed by atoms with Gasteiger partial charge in [0, 0.05) is 26.3 Å². The van der Waals surface area contributed by atoms with E-state index < -0.39 is 15.6 Å². The first-order chi connectivity index (χ1) is 8.72. The third-order valence-electron chi connectivity index (χ3n) is 3.18. The van der Waals surface area contributed by atoms with Crippen LogP contribution in [0.2, 0.25) is 0 Å². The predicted molar refractivity (Wildman–Crippen MR) is 73.7 cm³/mol. The van der Waals surface area contributed by atoms with Crippen molar-refractivity contribution in [1.82, 2.24) is 9.78 Å². The number of methoxy groups -OCH3 is 1. The number of rotatable bonds is 6. The van der Waals surface area contributed by atoms with Crippen LogP contribution in [-0.2, 0) is 21.8 Å². The molecular weight excluding hydrogens is 266 g/mol. The van der Waals surface area contributed by atoms with E-state index in [1.807, 2.05) is 0 Å². The first-order valence-corrected chi connectivity index (χ1v) is 7.97. The lowest BCUT2D eigenvalue weighted by atomic mass is 10.2. The minimum absolute atomic E-state index is 0.0878. The maximum atomic E-state index is 12.2. The topological polar surface area (TPSA) is 73.2 Å². The maximum Gasteiger partial charge on any atom is 0.235 e. The summed E-state index contributed by atoms with van der Waals surface area (Å²) in [4.78, 5) is 0. The van der Waals surface area contributed by atoms with Gasteiger partial charge in [-0.3, -0.25) is 9.40 Å². The molecule has 0 bridgehead atoms. The molecule has 19 heavy (non-hydrogen) atoms. The average molecular weight is 287 g/mol. The van der Waals surface area contributed by atoms with E-state index in [1.54, 1.807) is 31.8 Å². The van der Waals surface area contributed by atoms with E-state index in [9.17, 15) is 8.42 Å². The number of aryl methyl sites for hydroxylation is 1. The zero-order chi connectivity index (χ0) is 14.3. The molecule has 0 aromatic carbocycles. The van der Waals surface area contributed by atoms with Gasteiger partial charge in [0.25, 0.3) is 0 Å². The lowest BCUT2D eigenvalue weighted by Gasteiger charge is -2.22. The number of hydrogen-bond donors (Lipinski definition) is 1. The molecule has 0 radical (unpaired) electrons. The summed E-state index contributed by atoms with van der Waals surface area (Å²) in [7, 11) is -0.144. The van der Waals surface area contributed by atoms with Crippen LogP contribution in [0.1, 0.15) is 38.3 Å².